The highest BCUT2D eigenvalue weighted by Crippen LogP contribution is 2.34. The van der Waals surface area contributed by atoms with Gasteiger partial charge in [-0.2, -0.15) is 0 Å². The van der Waals surface area contributed by atoms with E-state index in [2.05, 4.69) is 25.8 Å². The molecule has 0 N–H and O–H groups in total. The summed E-state index contributed by atoms with van der Waals surface area (Å²) >= 11 is 11.0. The van der Waals surface area contributed by atoms with Gasteiger partial charge in [0.1, 0.15) is 5.17 Å². The van der Waals surface area contributed by atoms with E-state index < -0.39 is 0 Å². The summed E-state index contributed by atoms with van der Waals surface area (Å²) in [4.78, 5) is 6.44. The van der Waals surface area contributed by atoms with Crippen LogP contribution in [0, 0.1) is 0 Å². The van der Waals surface area contributed by atoms with Crippen LogP contribution in [0.3, 0.4) is 0 Å². The maximum atomic E-state index is 5.91. The first-order valence-electron chi connectivity index (χ1n) is 3.21. The van der Waals surface area contributed by atoms with Gasteiger partial charge in [-0.05, 0) is 5.41 Å². The number of halogens is 2. The number of fused-ring (bicyclic) bond motifs is 1. The average Bonchev–Trinajstić information content (AvgIpc) is 2.46. The van der Waals surface area contributed by atoms with Crippen LogP contribution in [0.2, 0.25) is 0 Å². The van der Waals surface area contributed by atoms with Crippen molar-refractivity contribution in [1.29, 1.82) is 0 Å². The van der Waals surface area contributed by atoms with Crippen LogP contribution in [0.4, 0.5) is 0 Å². The van der Waals surface area contributed by atoms with Gasteiger partial charge in [-0.25, -0.2) is 4.99 Å². The molecule has 2 nitrogen and oxygen atoms in total. The van der Waals surface area contributed by atoms with Crippen molar-refractivity contribution in [1.82, 2.24) is 4.90 Å². The molecule has 2 aliphatic heterocycles. The third-order valence-electron chi connectivity index (χ3n) is 1.70. The fourth-order valence-corrected chi connectivity index (χ4v) is 3.18. The molecule has 0 amide bonds. The SMILES string of the molecule is ClC1=NC2SC=CN2C1CBr. The summed E-state index contributed by atoms with van der Waals surface area (Å²) in [5, 5.41) is 3.60. The average molecular weight is 254 g/mol. The standard InChI is InChI=1S/C6H6BrClN2S/c7-3-4-5(8)9-6-10(4)1-2-11-6/h1-2,4,6H,3H2. The van der Waals surface area contributed by atoms with E-state index in [9.17, 15) is 0 Å². The number of hydrogen-bond donors (Lipinski definition) is 0. The van der Waals surface area contributed by atoms with Crippen LogP contribution < -0.4 is 0 Å². The molecule has 0 aromatic rings. The Balaban J connectivity index is 2.20. The monoisotopic (exact) mass is 252 g/mol. The van der Waals surface area contributed by atoms with Gasteiger partial charge in [0.25, 0.3) is 0 Å². The maximum Gasteiger partial charge on any atom is 0.174 e. The van der Waals surface area contributed by atoms with Crippen LogP contribution in [-0.4, -0.2) is 26.9 Å². The molecule has 0 radical (unpaired) electrons. The Morgan fingerprint density at radius 1 is 1.82 bits per heavy atom. The second kappa shape index (κ2) is 2.99. The molecule has 0 bridgehead atoms. The van der Waals surface area contributed by atoms with Crippen molar-refractivity contribution >= 4 is 44.5 Å². The van der Waals surface area contributed by atoms with Gasteiger partial charge in [0.05, 0.1) is 6.04 Å². The number of rotatable bonds is 1. The third-order valence-corrected chi connectivity index (χ3v) is 3.54. The molecule has 2 rings (SSSR count). The topological polar surface area (TPSA) is 15.6 Å². The van der Waals surface area contributed by atoms with E-state index in [1.807, 2.05) is 11.6 Å². The predicted molar refractivity (Wildman–Crippen MR) is 53.2 cm³/mol. The molecule has 0 aromatic heterocycles. The maximum absolute atomic E-state index is 5.91. The van der Waals surface area contributed by atoms with E-state index in [0.717, 1.165) is 5.33 Å². The fraction of sp³-hybridized carbons (Fsp3) is 0.500. The van der Waals surface area contributed by atoms with E-state index >= 15 is 0 Å². The number of hydrogen-bond acceptors (Lipinski definition) is 3. The molecule has 60 valence electrons. The van der Waals surface area contributed by atoms with Gasteiger partial charge in [0.2, 0.25) is 0 Å². The Labute approximate surface area is 82.8 Å². The largest absolute Gasteiger partial charge is 0.336 e. The van der Waals surface area contributed by atoms with Crippen LogP contribution in [0.25, 0.3) is 0 Å². The normalized spacial score (nSPS) is 34.4. The summed E-state index contributed by atoms with van der Waals surface area (Å²) in [5.41, 5.74) is 0.199. The van der Waals surface area contributed by atoms with E-state index in [0.29, 0.717) is 5.17 Å². The van der Waals surface area contributed by atoms with Gasteiger partial charge in [0, 0.05) is 11.5 Å². The number of aliphatic imine (C=N–C) groups is 1. The lowest BCUT2D eigenvalue weighted by atomic mass is 10.3. The molecule has 0 saturated heterocycles. The van der Waals surface area contributed by atoms with E-state index in [1.165, 1.54) is 0 Å². The van der Waals surface area contributed by atoms with Crippen LogP contribution in [-0.2, 0) is 0 Å². The second-order valence-electron chi connectivity index (χ2n) is 2.32. The molecular weight excluding hydrogens is 248 g/mol. The summed E-state index contributed by atoms with van der Waals surface area (Å²) in [5.74, 6) is 0. The first-order chi connectivity index (χ1) is 5.33. The molecule has 2 unspecified atom stereocenters. The van der Waals surface area contributed by atoms with Crippen molar-refractivity contribution in [3.05, 3.63) is 11.6 Å². The Bertz CT molecular complexity index is 231. The first kappa shape index (κ1) is 7.95. The number of alkyl halides is 1. The van der Waals surface area contributed by atoms with Crippen molar-refractivity contribution in [3.63, 3.8) is 0 Å². The molecule has 11 heavy (non-hydrogen) atoms. The fourth-order valence-electron chi connectivity index (χ4n) is 1.13. The van der Waals surface area contributed by atoms with E-state index in [4.69, 9.17) is 11.6 Å². The molecular formula is C6H6BrClN2S. The minimum atomic E-state index is 0.199. The molecule has 0 aliphatic carbocycles. The lowest BCUT2D eigenvalue weighted by Gasteiger charge is -2.20. The molecule has 0 aromatic carbocycles. The van der Waals surface area contributed by atoms with Crippen LogP contribution in [0.1, 0.15) is 0 Å². The van der Waals surface area contributed by atoms with Gasteiger partial charge < -0.3 is 4.90 Å². The van der Waals surface area contributed by atoms with Crippen LogP contribution in [0.5, 0.6) is 0 Å². The highest BCUT2D eigenvalue weighted by molar-refractivity contribution is 9.09. The number of thioether (sulfide) groups is 1. The van der Waals surface area contributed by atoms with E-state index in [1.54, 1.807) is 11.8 Å². The Morgan fingerprint density at radius 2 is 2.64 bits per heavy atom. The zero-order valence-electron chi connectivity index (χ0n) is 5.58. The highest BCUT2D eigenvalue weighted by atomic mass is 79.9. The van der Waals surface area contributed by atoms with Crippen molar-refractivity contribution < 1.29 is 0 Å². The van der Waals surface area contributed by atoms with Gasteiger partial charge >= 0.3 is 0 Å². The van der Waals surface area contributed by atoms with Crippen LogP contribution >= 0.6 is 39.3 Å². The van der Waals surface area contributed by atoms with Crippen molar-refractivity contribution in [2.75, 3.05) is 5.33 Å². The molecule has 0 fully saturated rings. The summed E-state index contributed by atoms with van der Waals surface area (Å²) in [7, 11) is 0. The first-order valence-corrected chi connectivity index (χ1v) is 5.66. The molecule has 2 aliphatic rings. The Hall–Kier alpha value is 0.330. The lowest BCUT2D eigenvalue weighted by Crippen LogP contribution is -2.32. The minimum Gasteiger partial charge on any atom is -0.336 e. The van der Waals surface area contributed by atoms with Crippen molar-refractivity contribution in [2.24, 2.45) is 4.99 Å². The van der Waals surface area contributed by atoms with Gasteiger partial charge in [-0.3, -0.25) is 0 Å². The third kappa shape index (κ3) is 1.21. The van der Waals surface area contributed by atoms with Crippen molar-refractivity contribution in [2.45, 2.75) is 11.5 Å². The Kier molecular flexibility index (Phi) is 2.16. The number of nitrogens with zero attached hydrogens (tertiary/aromatic N) is 2. The summed E-state index contributed by atoms with van der Waals surface area (Å²) < 4.78 is 0. The zero-order valence-corrected chi connectivity index (χ0v) is 8.73. The van der Waals surface area contributed by atoms with E-state index in [-0.39, 0.29) is 11.5 Å². The van der Waals surface area contributed by atoms with Gasteiger partial charge in [0.15, 0.2) is 5.50 Å². The molecule has 0 spiro atoms. The van der Waals surface area contributed by atoms with Crippen LogP contribution in [0.15, 0.2) is 16.6 Å². The lowest BCUT2D eigenvalue weighted by molar-refractivity contribution is 0.380. The molecule has 2 heterocycles. The molecule has 0 saturated carbocycles. The summed E-state index contributed by atoms with van der Waals surface area (Å²) in [6.45, 7) is 0. The highest BCUT2D eigenvalue weighted by Gasteiger charge is 2.34. The second-order valence-corrected chi connectivity index (χ2v) is 4.32. The van der Waals surface area contributed by atoms with Gasteiger partial charge in [-0.15, -0.1) is 0 Å². The smallest absolute Gasteiger partial charge is 0.174 e. The molecule has 2 atom stereocenters. The Morgan fingerprint density at radius 3 is 3.36 bits per heavy atom. The predicted octanol–water partition coefficient (Wildman–Crippen LogP) is 2.20. The van der Waals surface area contributed by atoms with Gasteiger partial charge in [-0.1, -0.05) is 39.3 Å². The summed E-state index contributed by atoms with van der Waals surface area (Å²) in [6.07, 6.45) is 2.04. The summed E-state index contributed by atoms with van der Waals surface area (Å²) in [6, 6.07) is 0.243. The van der Waals surface area contributed by atoms with Crippen molar-refractivity contribution in [3.8, 4) is 0 Å². The molecule has 5 heteroatoms. The zero-order chi connectivity index (χ0) is 7.84. The quantitative estimate of drug-likeness (QED) is 0.666. The minimum absolute atomic E-state index is 0.199.